The van der Waals surface area contributed by atoms with Gasteiger partial charge in [-0.2, -0.15) is 0 Å². The highest BCUT2D eigenvalue weighted by Gasteiger charge is 2.19. The number of hydrogen-bond acceptors (Lipinski definition) is 5. The third-order valence-electron chi connectivity index (χ3n) is 3.20. The molecule has 0 unspecified atom stereocenters. The van der Waals surface area contributed by atoms with E-state index in [1.54, 1.807) is 42.5 Å². The summed E-state index contributed by atoms with van der Waals surface area (Å²) in [4.78, 5) is 16.2. The number of para-hydroxylation sites is 1. The molecule has 5 nitrogen and oxygen atoms in total. The van der Waals surface area contributed by atoms with Crippen LogP contribution in [0.25, 0.3) is 10.2 Å². The van der Waals surface area contributed by atoms with E-state index in [1.165, 1.54) is 11.3 Å². The molecule has 0 aliphatic heterocycles. The van der Waals surface area contributed by atoms with Gasteiger partial charge in [0.05, 0.1) is 15.5 Å². The van der Waals surface area contributed by atoms with Crippen LogP contribution in [0.1, 0.15) is 5.56 Å². The monoisotopic (exact) mass is 380 g/mol. The summed E-state index contributed by atoms with van der Waals surface area (Å²) in [7, 11) is -3.55. The topological polar surface area (TPSA) is 76.1 Å². The van der Waals surface area contributed by atoms with Crippen LogP contribution in [-0.2, 0) is 20.4 Å². The molecule has 3 aromatic rings. The van der Waals surface area contributed by atoms with Crippen LogP contribution >= 0.6 is 22.9 Å². The molecule has 2 aromatic carbocycles. The number of amides is 1. The highest BCUT2D eigenvalue weighted by molar-refractivity contribution is 7.91. The summed E-state index contributed by atoms with van der Waals surface area (Å²) in [6, 6.07) is 14.1. The Balaban J connectivity index is 1.69. The number of thiazole rings is 1. The van der Waals surface area contributed by atoms with Crippen LogP contribution in [-0.4, -0.2) is 25.1 Å². The van der Waals surface area contributed by atoms with Crippen molar-refractivity contribution in [3.05, 3.63) is 59.1 Å². The van der Waals surface area contributed by atoms with E-state index in [2.05, 4.69) is 10.3 Å². The van der Waals surface area contributed by atoms with Crippen molar-refractivity contribution < 1.29 is 13.2 Å². The first-order valence-electron chi connectivity index (χ1n) is 7.02. The second-order valence-corrected chi connectivity index (χ2v) is 8.67. The molecule has 0 spiro atoms. The number of benzene rings is 2. The van der Waals surface area contributed by atoms with Crippen LogP contribution in [0.4, 0.5) is 5.13 Å². The molecule has 124 valence electrons. The van der Waals surface area contributed by atoms with Crippen molar-refractivity contribution in [2.45, 2.75) is 5.75 Å². The lowest BCUT2D eigenvalue weighted by molar-refractivity contribution is -0.113. The standard InChI is InChI=1S/C16H13ClN2O3S2/c17-12-7-4-8-13-15(12)19-16(23-13)18-14(20)10-24(21,22)9-11-5-2-1-3-6-11/h1-8H,9-10H2,(H,18,19,20). The third kappa shape index (κ3) is 4.11. The Hall–Kier alpha value is -1.96. The number of nitrogens with one attached hydrogen (secondary N) is 1. The van der Waals surface area contributed by atoms with Gasteiger partial charge in [-0.15, -0.1) is 0 Å². The zero-order chi connectivity index (χ0) is 17.2. The van der Waals surface area contributed by atoms with Gasteiger partial charge in [-0.1, -0.05) is 59.3 Å². The Morgan fingerprint density at radius 3 is 2.58 bits per heavy atom. The van der Waals surface area contributed by atoms with Crippen LogP contribution in [0.15, 0.2) is 48.5 Å². The van der Waals surface area contributed by atoms with E-state index in [9.17, 15) is 13.2 Å². The zero-order valence-electron chi connectivity index (χ0n) is 12.4. The van der Waals surface area contributed by atoms with Gasteiger partial charge >= 0.3 is 0 Å². The van der Waals surface area contributed by atoms with Crippen molar-refractivity contribution in [1.82, 2.24) is 4.98 Å². The molecular formula is C16H13ClN2O3S2. The number of fused-ring (bicyclic) bond motifs is 1. The minimum atomic E-state index is -3.55. The number of rotatable bonds is 5. The molecule has 0 atom stereocenters. The summed E-state index contributed by atoms with van der Waals surface area (Å²) in [5.41, 5.74) is 1.24. The number of anilines is 1. The lowest BCUT2D eigenvalue weighted by Gasteiger charge is -2.04. The first-order valence-corrected chi connectivity index (χ1v) is 10.0. The van der Waals surface area contributed by atoms with Crippen molar-refractivity contribution in [3.63, 3.8) is 0 Å². The summed E-state index contributed by atoms with van der Waals surface area (Å²) in [6.07, 6.45) is 0. The predicted molar refractivity (Wildman–Crippen MR) is 97.2 cm³/mol. The molecule has 0 fully saturated rings. The van der Waals surface area contributed by atoms with Gasteiger partial charge < -0.3 is 5.32 Å². The van der Waals surface area contributed by atoms with E-state index in [4.69, 9.17) is 11.6 Å². The summed E-state index contributed by atoms with van der Waals surface area (Å²) in [5, 5.41) is 3.35. The Labute approximate surface area is 148 Å². The van der Waals surface area contributed by atoms with Gasteiger partial charge in [-0.05, 0) is 17.7 Å². The lowest BCUT2D eigenvalue weighted by atomic mass is 10.2. The van der Waals surface area contributed by atoms with Crippen LogP contribution in [0.2, 0.25) is 5.02 Å². The molecule has 0 aliphatic carbocycles. The molecule has 24 heavy (non-hydrogen) atoms. The van der Waals surface area contributed by atoms with Gasteiger partial charge in [0.2, 0.25) is 5.91 Å². The summed E-state index contributed by atoms with van der Waals surface area (Å²) in [5.74, 6) is -1.38. The Kier molecular flexibility index (Phi) is 4.84. The van der Waals surface area contributed by atoms with Gasteiger partial charge in [0.15, 0.2) is 15.0 Å². The number of aromatic nitrogens is 1. The Morgan fingerprint density at radius 1 is 1.12 bits per heavy atom. The second-order valence-electron chi connectivity index (χ2n) is 5.17. The van der Waals surface area contributed by atoms with Gasteiger partial charge in [-0.3, -0.25) is 4.79 Å². The van der Waals surface area contributed by atoms with Crippen LogP contribution < -0.4 is 5.32 Å². The molecule has 0 saturated carbocycles. The fourth-order valence-corrected chi connectivity index (χ4v) is 4.66. The fourth-order valence-electron chi connectivity index (χ4n) is 2.20. The van der Waals surface area contributed by atoms with Crippen LogP contribution in [0, 0.1) is 0 Å². The average molecular weight is 381 g/mol. The maximum atomic E-state index is 12.1. The third-order valence-corrected chi connectivity index (χ3v) is 5.91. The molecule has 8 heteroatoms. The highest BCUT2D eigenvalue weighted by atomic mass is 35.5. The SMILES string of the molecule is O=C(CS(=O)(=O)Cc1ccccc1)Nc1nc2c(Cl)cccc2s1. The van der Waals surface area contributed by atoms with Crippen molar-refractivity contribution in [1.29, 1.82) is 0 Å². The normalized spacial score (nSPS) is 11.5. The van der Waals surface area contributed by atoms with E-state index >= 15 is 0 Å². The summed E-state index contributed by atoms with van der Waals surface area (Å²) < 4.78 is 25.1. The van der Waals surface area contributed by atoms with Gasteiger partial charge in [0, 0.05) is 0 Å². The smallest absolute Gasteiger partial charge is 0.241 e. The van der Waals surface area contributed by atoms with Crippen molar-refractivity contribution >= 4 is 54.0 Å². The number of carbonyl (C=O) groups is 1. The number of halogens is 1. The number of hydrogen-bond donors (Lipinski definition) is 1. The molecular weight excluding hydrogens is 368 g/mol. The maximum Gasteiger partial charge on any atom is 0.241 e. The summed E-state index contributed by atoms with van der Waals surface area (Å²) >= 11 is 7.29. The molecule has 3 rings (SSSR count). The molecule has 1 N–H and O–H groups in total. The molecule has 0 aliphatic rings. The van der Waals surface area contributed by atoms with E-state index in [-0.39, 0.29) is 5.75 Å². The van der Waals surface area contributed by atoms with Crippen molar-refractivity contribution in [2.75, 3.05) is 11.1 Å². The lowest BCUT2D eigenvalue weighted by Crippen LogP contribution is -2.23. The van der Waals surface area contributed by atoms with Crippen LogP contribution in [0.3, 0.4) is 0 Å². The minimum absolute atomic E-state index is 0.174. The predicted octanol–water partition coefficient (Wildman–Crippen LogP) is 3.50. The fraction of sp³-hybridized carbons (Fsp3) is 0.125. The molecule has 0 bridgehead atoms. The number of sulfone groups is 1. The van der Waals surface area contributed by atoms with E-state index in [0.717, 1.165) is 4.70 Å². The van der Waals surface area contributed by atoms with E-state index in [0.29, 0.717) is 21.2 Å². The quantitative estimate of drug-likeness (QED) is 0.734. The molecule has 0 radical (unpaired) electrons. The van der Waals surface area contributed by atoms with Crippen molar-refractivity contribution in [2.24, 2.45) is 0 Å². The van der Waals surface area contributed by atoms with Crippen molar-refractivity contribution in [3.8, 4) is 0 Å². The molecule has 1 heterocycles. The minimum Gasteiger partial charge on any atom is -0.301 e. The molecule has 0 saturated heterocycles. The Morgan fingerprint density at radius 2 is 1.88 bits per heavy atom. The van der Waals surface area contributed by atoms with Crippen LogP contribution in [0.5, 0.6) is 0 Å². The Bertz CT molecular complexity index is 985. The van der Waals surface area contributed by atoms with Gasteiger partial charge in [0.1, 0.15) is 11.3 Å². The van der Waals surface area contributed by atoms with Gasteiger partial charge in [-0.25, -0.2) is 13.4 Å². The maximum absolute atomic E-state index is 12.1. The summed E-state index contributed by atoms with van der Waals surface area (Å²) in [6.45, 7) is 0. The highest BCUT2D eigenvalue weighted by Crippen LogP contribution is 2.30. The van der Waals surface area contributed by atoms with Gasteiger partial charge in [0.25, 0.3) is 0 Å². The number of nitrogens with zero attached hydrogens (tertiary/aromatic N) is 1. The van der Waals surface area contributed by atoms with E-state index < -0.39 is 21.5 Å². The molecule has 1 amide bonds. The van der Waals surface area contributed by atoms with E-state index in [1.807, 2.05) is 6.07 Å². The number of carbonyl (C=O) groups excluding carboxylic acids is 1. The first-order chi connectivity index (χ1) is 11.4. The largest absolute Gasteiger partial charge is 0.301 e. The zero-order valence-corrected chi connectivity index (χ0v) is 14.8. The second kappa shape index (κ2) is 6.88. The molecule has 1 aromatic heterocycles. The average Bonchev–Trinajstić information content (AvgIpc) is 2.90. The first kappa shape index (κ1) is 16.9.